The molecule has 2 unspecified atom stereocenters. The molecule has 1 fully saturated rings. The number of halogens is 1. The molecule has 34 heavy (non-hydrogen) atoms. The first-order chi connectivity index (χ1) is 16.3. The summed E-state index contributed by atoms with van der Waals surface area (Å²) in [7, 11) is 3.23. The van der Waals surface area contributed by atoms with Crippen molar-refractivity contribution in [1.82, 2.24) is 15.8 Å². The van der Waals surface area contributed by atoms with Crippen LogP contribution in [0.1, 0.15) is 42.7 Å². The van der Waals surface area contributed by atoms with Gasteiger partial charge in [-0.3, -0.25) is 0 Å². The predicted octanol–water partition coefficient (Wildman–Crippen LogP) is 3.85. The lowest BCUT2D eigenvalue weighted by atomic mass is 9.92. The number of hydrogen-bond donors (Lipinski definition) is 4. The Hall–Kier alpha value is -3.69. The zero-order valence-corrected chi connectivity index (χ0v) is 19.8. The second-order valence-corrected chi connectivity index (χ2v) is 8.83. The molecule has 2 aromatic rings. The van der Waals surface area contributed by atoms with E-state index in [0.717, 1.165) is 12.8 Å². The Morgan fingerprint density at radius 2 is 2.09 bits per heavy atom. The molecule has 2 aliphatic heterocycles. The van der Waals surface area contributed by atoms with Crippen molar-refractivity contribution in [3.63, 3.8) is 0 Å². The summed E-state index contributed by atoms with van der Waals surface area (Å²) in [6.07, 6.45) is 3.44. The third kappa shape index (κ3) is 3.63. The molecule has 4 N–H and O–H groups in total. The molecule has 1 saturated carbocycles. The number of amidine groups is 2. The Labute approximate surface area is 197 Å². The van der Waals surface area contributed by atoms with E-state index in [-0.39, 0.29) is 5.75 Å². The topological polar surface area (TPSA) is 120 Å². The monoisotopic (exact) mass is 465 g/mol. The normalized spacial score (nSPS) is 21.2. The number of aromatic nitrogens is 1. The lowest BCUT2D eigenvalue weighted by Gasteiger charge is -2.25. The van der Waals surface area contributed by atoms with E-state index in [1.54, 1.807) is 20.0 Å². The van der Waals surface area contributed by atoms with Gasteiger partial charge in [-0.1, -0.05) is 5.16 Å². The molecule has 0 spiro atoms. The number of allylic oxidation sites excluding steroid dienone is 1. The number of fused-ring (bicyclic) bond motifs is 3. The summed E-state index contributed by atoms with van der Waals surface area (Å²) >= 11 is 0. The van der Waals surface area contributed by atoms with Crippen LogP contribution in [-0.4, -0.2) is 42.9 Å². The van der Waals surface area contributed by atoms with E-state index in [4.69, 9.17) is 14.7 Å². The van der Waals surface area contributed by atoms with Gasteiger partial charge in [0.1, 0.15) is 29.4 Å². The molecule has 1 aromatic heterocycles. The summed E-state index contributed by atoms with van der Waals surface area (Å²) in [4.78, 5) is 9.23. The van der Waals surface area contributed by atoms with Crippen LogP contribution in [0.15, 0.2) is 32.5 Å². The Morgan fingerprint density at radius 3 is 2.71 bits per heavy atom. The second kappa shape index (κ2) is 8.27. The Bertz CT molecular complexity index is 1250. The highest BCUT2D eigenvalue weighted by molar-refractivity contribution is 6.05. The molecule has 2 atom stereocenters. The second-order valence-electron chi connectivity index (χ2n) is 8.83. The number of rotatable bonds is 6. The van der Waals surface area contributed by atoms with E-state index in [1.165, 1.54) is 7.11 Å². The molecule has 0 radical (unpaired) electrons. The van der Waals surface area contributed by atoms with E-state index in [9.17, 15) is 0 Å². The highest BCUT2D eigenvalue weighted by Gasteiger charge is 2.43. The van der Waals surface area contributed by atoms with Gasteiger partial charge in [0.2, 0.25) is 0 Å². The highest BCUT2D eigenvalue weighted by Crippen LogP contribution is 2.48. The average molecular weight is 466 g/mol. The van der Waals surface area contributed by atoms with E-state index in [1.807, 2.05) is 19.9 Å². The summed E-state index contributed by atoms with van der Waals surface area (Å²) in [5, 5.41) is 22.0. The minimum absolute atomic E-state index is 0.126. The maximum atomic E-state index is 16.1. The summed E-state index contributed by atoms with van der Waals surface area (Å²) in [5.41, 5.74) is 3.56. The zero-order chi connectivity index (χ0) is 24.1. The van der Waals surface area contributed by atoms with Gasteiger partial charge in [0, 0.05) is 35.5 Å². The molecule has 0 saturated heterocycles. The number of nitrogens with one attached hydrogen (secondary N) is 4. The van der Waals surface area contributed by atoms with Crippen molar-refractivity contribution in [2.75, 3.05) is 19.5 Å². The minimum Gasteiger partial charge on any atom is -0.493 e. The van der Waals surface area contributed by atoms with Crippen molar-refractivity contribution in [2.24, 2.45) is 15.9 Å². The summed E-state index contributed by atoms with van der Waals surface area (Å²) < 4.78 is 26.9. The van der Waals surface area contributed by atoms with Gasteiger partial charge in [0.05, 0.1) is 24.3 Å². The Balaban J connectivity index is 1.58. The van der Waals surface area contributed by atoms with E-state index < -0.39 is 17.9 Å². The van der Waals surface area contributed by atoms with Crippen molar-refractivity contribution in [1.29, 1.82) is 5.41 Å². The SMILES string of the molecule is CN/C(=C\C(=N)C1CC1)NC1=NC(C)=NC2Nc3cc(-c4c(C)noc4C)c(OC)c(F)c3C12. The molecule has 1 aliphatic carbocycles. The van der Waals surface area contributed by atoms with Crippen LogP contribution >= 0.6 is 0 Å². The third-order valence-electron chi connectivity index (χ3n) is 6.45. The number of anilines is 1. The van der Waals surface area contributed by atoms with E-state index in [0.29, 0.717) is 63.0 Å². The molecule has 10 heteroatoms. The smallest absolute Gasteiger partial charge is 0.171 e. The van der Waals surface area contributed by atoms with Gasteiger partial charge in [-0.2, -0.15) is 0 Å². The number of nitrogens with zero attached hydrogens (tertiary/aromatic N) is 3. The van der Waals surface area contributed by atoms with Crippen LogP contribution in [0, 0.1) is 31.0 Å². The molecule has 3 aliphatic rings. The number of aliphatic imine (C=N–C) groups is 2. The number of aryl methyl sites for hydroxylation is 2. The Kier molecular flexibility index (Phi) is 5.38. The van der Waals surface area contributed by atoms with Gasteiger partial charge in [-0.05, 0) is 45.8 Å². The lowest BCUT2D eigenvalue weighted by Crippen LogP contribution is -2.41. The fraction of sp³-hybridized carbons (Fsp3) is 0.417. The molecule has 1 aromatic carbocycles. The fourth-order valence-corrected chi connectivity index (χ4v) is 4.67. The van der Waals surface area contributed by atoms with Gasteiger partial charge in [-0.15, -0.1) is 0 Å². The molecular formula is C24H28FN7O2. The van der Waals surface area contributed by atoms with Crippen LogP contribution in [-0.2, 0) is 0 Å². The van der Waals surface area contributed by atoms with Gasteiger partial charge < -0.3 is 30.6 Å². The van der Waals surface area contributed by atoms with Crippen LogP contribution in [0.5, 0.6) is 5.75 Å². The number of methoxy groups -OCH3 is 1. The number of benzene rings is 1. The van der Waals surface area contributed by atoms with Gasteiger partial charge in [0.15, 0.2) is 11.6 Å². The maximum Gasteiger partial charge on any atom is 0.171 e. The molecule has 9 nitrogen and oxygen atoms in total. The minimum atomic E-state index is -0.488. The highest BCUT2D eigenvalue weighted by atomic mass is 19.1. The lowest BCUT2D eigenvalue weighted by molar-refractivity contribution is 0.385. The van der Waals surface area contributed by atoms with Crippen molar-refractivity contribution >= 4 is 23.1 Å². The first kappa shape index (κ1) is 22.1. The van der Waals surface area contributed by atoms with Gasteiger partial charge in [0.25, 0.3) is 0 Å². The maximum absolute atomic E-state index is 16.1. The molecule has 178 valence electrons. The third-order valence-corrected chi connectivity index (χ3v) is 6.45. The van der Waals surface area contributed by atoms with Crippen molar-refractivity contribution < 1.29 is 13.7 Å². The van der Waals surface area contributed by atoms with Crippen molar-refractivity contribution in [3.05, 3.63) is 40.8 Å². The van der Waals surface area contributed by atoms with E-state index in [2.05, 4.69) is 31.1 Å². The van der Waals surface area contributed by atoms with Crippen LogP contribution in [0.3, 0.4) is 0 Å². The number of hydrogen-bond acceptors (Lipinski definition) is 9. The largest absolute Gasteiger partial charge is 0.493 e. The summed E-state index contributed by atoms with van der Waals surface area (Å²) in [6, 6.07) is 1.86. The van der Waals surface area contributed by atoms with Gasteiger partial charge >= 0.3 is 0 Å². The standard InChI is InChI=1S/C24H28FN7O2/c1-10-18(11(2)34-32-10)14-8-16-19(21(25)22(14)33-5)20-23(30-16)28-12(3)29-24(20)31-17(27-4)9-15(26)13-6-7-13/h8-9,13,20,23,26-27,30H,6-7H2,1-5H3,(H,28,29,31)/b17-9+,26-15?. The molecule has 0 amide bonds. The van der Waals surface area contributed by atoms with Crippen LogP contribution < -0.4 is 20.7 Å². The molecule has 3 heterocycles. The van der Waals surface area contributed by atoms with Crippen molar-refractivity contribution in [3.8, 4) is 16.9 Å². The number of ether oxygens (including phenoxy) is 1. The molecular weight excluding hydrogens is 437 g/mol. The predicted molar refractivity (Wildman–Crippen MR) is 129 cm³/mol. The first-order valence-electron chi connectivity index (χ1n) is 11.3. The molecule has 5 rings (SSSR count). The van der Waals surface area contributed by atoms with Crippen LogP contribution in [0.25, 0.3) is 11.1 Å². The van der Waals surface area contributed by atoms with Crippen molar-refractivity contribution in [2.45, 2.75) is 45.7 Å². The van der Waals surface area contributed by atoms with Gasteiger partial charge in [-0.25, -0.2) is 14.4 Å². The molecule has 0 bridgehead atoms. The van der Waals surface area contributed by atoms with Crippen LogP contribution in [0.2, 0.25) is 0 Å². The summed E-state index contributed by atoms with van der Waals surface area (Å²) in [6.45, 7) is 5.42. The quantitative estimate of drug-likeness (QED) is 0.481. The Morgan fingerprint density at radius 1 is 1.32 bits per heavy atom. The van der Waals surface area contributed by atoms with Crippen LogP contribution in [0.4, 0.5) is 10.1 Å². The average Bonchev–Trinajstić information content (AvgIpc) is 3.51. The first-order valence-corrected chi connectivity index (χ1v) is 11.3. The summed E-state index contributed by atoms with van der Waals surface area (Å²) in [5.74, 6) is 1.84. The zero-order valence-electron chi connectivity index (χ0n) is 19.8. The van der Waals surface area contributed by atoms with E-state index >= 15 is 4.39 Å². The fourth-order valence-electron chi connectivity index (χ4n) is 4.67.